The molecule has 1 saturated heterocycles. The number of carbonyl (C=O) groups is 1. The Balaban J connectivity index is 1.63. The van der Waals surface area contributed by atoms with Gasteiger partial charge in [-0.3, -0.25) is 0 Å². The van der Waals surface area contributed by atoms with Gasteiger partial charge in [0.15, 0.2) is 0 Å². The summed E-state index contributed by atoms with van der Waals surface area (Å²) in [7, 11) is 0. The van der Waals surface area contributed by atoms with E-state index in [0.717, 1.165) is 19.5 Å². The van der Waals surface area contributed by atoms with E-state index < -0.39 is 5.60 Å². The van der Waals surface area contributed by atoms with Crippen LogP contribution in [0.3, 0.4) is 0 Å². The second-order valence-corrected chi connectivity index (χ2v) is 7.01. The lowest BCUT2D eigenvalue weighted by atomic mass is 9.58. The highest BCUT2D eigenvalue weighted by molar-refractivity contribution is 5.69. The van der Waals surface area contributed by atoms with Gasteiger partial charge in [-0.15, -0.1) is 0 Å². The van der Waals surface area contributed by atoms with Crippen molar-refractivity contribution in [3.8, 4) is 0 Å². The van der Waals surface area contributed by atoms with Crippen molar-refractivity contribution in [1.82, 2.24) is 10.6 Å². The van der Waals surface area contributed by atoms with Crippen molar-refractivity contribution in [3.05, 3.63) is 0 Å². The maximum Gasteiger partial charge on any atom is 0.408 e. The summed E-state index contributed by atoms with van der Waals surface area (Å²) in [4.78, 5) is 11.9. The third kappa shape index (κ3) is 1.73. The highest BCUT2D eigenvalue weighted by atomic mass is 16.6. The van der Waals surface area contributed by atoms with Gasteiger partial charge in [-0.2, -0.15) is 0 Å². The molecule has 96 valence electrons. The van der Waals surface area contributed by atoms with Crippen molar-refractivity contribution >= 4 is 6.09 Å². The van der Waals surface area contributed by atoms with Gasteiger partial charge in [-0.1, -0.05) is 0 Å². The molecule has 1 aliphatic heterocycles. The average molecular weight is 238 g/mol. The lowest BCUT2D eigenvalue weighted by Crippen LogP contribution is -2.65. The summed E-state index contributed by atoms with van der Waals surface area (Å²) in [6.45, 7) is 7.65. The molecular formula is C13H22N2O2. The van der Waals surface area contributed by atoms with Gasteiger partial charge in [-0.25, -0.2) is 4.79 Å². The van der Waals surface area contributed by atoms with Crippen molar-refractivity contribution in [2.45, 2.75) is 51.2 Å². The summed E-state index contributed by atoms with van der Waals surface area (Å²) in [5.74, 6) is 0.627. The molecule has 2 N–H and O–H groups in total. The maximum atomic E-state index is 11.9. The Morgan fingerprint density at radius 2 is 2.12 bits per heavy atom. The highest BCUT2D eigenvalue weighted by Gasteiger charge is 2.70. The van der Waals surface area contributed by atoms with Crippen molar-refractivity contribution in [2.75, 3.05) is 13.1 Å². The number of hydrogen-bond donors (Lipinski definition) is 2. The fraction of sp³-hybridized carbons (Fsp3) is 0.923. The van der Waals surface area contributed by atoms with Gasteiger partial charge in [0.05, 0.1) is 5.54 Å². The molecule has 1 spiro atoms. The normalized spacial score (nSPS) is 37.2. The first-order chi connectivity index (χ1) is 7.85. The zero-order chi connectivity index (χ0) is 12.3. The van der Waals surface area contributed by atoms with E-state index >= 15 is 0 Å². The summed E-state index contributed by atoms with van der Waals surface area (Å²) in [5.41, 5.74) is 0.139. The Labute approximate surface area is 102 Å². The molecule has 2 aliphatic carbocycles. The number of amides is 1. The first-order valence-corrected chi connectivity index (χ1v) is 6.57. The molecule has 3 aliphatic rings. The van der Waals surface area contributed by atoms with Crippen LogP contribution < -0.4 is 10.6 Å². The zero-order valence-electron chi connectivity index (χ0n) is 10.9. The van der Waals surface area contributed by atoms with E-state index in [2.05, 4.69) is 10.6 Å². The van der Waals surface area contributed by atoms with Gasteiger partial charge in [0.2, 0.25) is 0 Å². The van der Waals surface area contributed by atoms with Crippen LogP contribution in [0.2, 0.25) is 0 Å². The Bertz CT molecular complexity index is 357. The summed E-state index contributed by atoms with van der Waals surface area (Å²) < 4.78 is 5.36. The molecule has 0 aromatic heterocycles. The predicted molar refractivity (Wildman–Crippen MR) is 64.7 cm³/mol. The van der Waals surface area contributed by atoms with Gasteiger partial charge in [-0.05, 0) is 45.4 Å². The van der Waals surface area contributed by atoms with E-state index in [0.29, 0.717) is 11.3 Å². The van der Waals surface area contributed by atoms with Gasteiger partial charge in [0.1, 0.15) is 5.60 Å². The molecule has 2 saturated carbocycles. The van der Waals surface area contributed by atoms with Crippen LogP contribution in [0.15, 0.2) is 0 Å². The lowest BCUT2D eigenvalue weighted by Gasteiger charge is -2.52. The highest BCUT2D eigenvalue weighted by Crippen LogP contribution is 2.69. The van der Waals surface area contributed by atoms with Crippen LogP contribution in [0.25, 0.3) is 0 Å². The number of carbonyl (C=O) groups excluding carboxylic acids is 1. The van der Waals surface area contributed by atoms with Crippen LogP contribution in [0.4, 0.5) is 4.79 Å². The van der Waals surface area contributed by atoms with E-state index in [9.17, 15) is 4.79 Å². The minimum atomic E-state index is -0.413. The second kappa shape index (κ2) is 3.16. The maximum absolute atomic E-state index is 11.9. The Morgan fingerprint density at radius 1 is 1.41 bits per heavy atom. The molecule has 2 atom stereocenters. The van der Waals surface area contributed by atoms with Crippen LogP contribution in [0.1, 0.15) is 40.0 Å². The molecule has 0 aromatic carbocycles. The minimum absolute atomic E-state index is 0.0150. The Kier molecular flexibility index (Phi) is 2.11. The van der Waals surface area contributed by atoms with Gasteiger partial charge in [0.25, 0.3) is 0 Å². The van der Waals surface area contributed by atoms with Crippen molar-refractivity contribution < 1.29 is 9.53 Å². The third-order valence-corrected chi connectivity index (χ3v) is 4.50. The van der Waals surface area contributed by atoms with Crippen molar-refractivity contribution in [2.24, 2.45) is 11.3 Å². The van der Waals surface area contributed by atoms with Crippen molar-refractivity contribution in [1.29, 1.82) is 0 Å². The average Bonchev–Trinajstić information content (AvgIpc) is 2.85. The molecule has 0 aromatic rings. The molecule has 4 nitrogen and oxygen atoms in total. The molecule has 4 heteroatoms. The molecular weight excluding hydrogens is 216 g/mol. The van der Waals surface area contributed by atoms with E-state index in [1.807, 2.05) is 20.8 Å². The summed E-state index contributed by atoms with van der Waals surface area (Å²) >= 11 is 0. The molecule has 0 bridgehead atoms. The number of rotatable bonds is 1. The lowest BCUT2D eigenvalue weighted by molar-refractivity contribution is 0.00293. The number of nitrogens with one attached hydrogen (secondary N) is 2. The number of alkyl carbamates (subject to hydrolysis) is 1. The minimum Gasteiger partial charge on any atom is -0.444 e. The smallest absolute Gasteiger partial charge is 0.408 e. The van der Waals surface area contributed by atoms with Crippen LogP contribution in [0, 0.1) is 11.3 Å². The molecule has 0 radical (unpaired) electrons. The summed E-state index contributed by atoms with van der Waals surface area (Å²) in [6, 6.07) is 0. The molecule has 3 rings (SSSR count). The van der Waals surface area contributed by atoms with Gasteiger partial charge in [0, 0.05) is 19.0 Å². The quantitative estimate of drug-likeness (QED) is 0.730. The van der Waals surface area contributed by atoms with Crippen LogP contribution in [0.5, 0.6) is 0 Å². The van der Waals surface area contributed by atoms with E-state index in [1.54, 1.807) is 0 Å². The first kappa shape index (κ1) is 11.3. The Morgan fingerprint density at radius 3 is 2.71 bits per heavy atom. The van der Waals surface area contributed by atoms with Gasteiger partial charge < -0.3 is 15.4 Å². The summed E-state index contributed by atoms with van der Waals surface area (Å²) in [6.07, 6.45) is 3.56. The molecule has 1 amide bonds. The van der Waals surface area contributed by atoms with Crippen LogP contribution in [-0.4, -0.2) is 30.3 Å². The standard InChI is InChI=1S/C13H22N2O2/c1-11(2,3)17-10(16)15-13-7-12(4-5-12)9(13)6-14-8-13/h9,14H,4-8H2,1-3H3,(H,15,16)/t9-,13+/m0/s1. The predicted octanol–water partition coefficient (Wildman–Crippen LogP) is 1.65. The first-order valence-electron chi connectivity index (χ1n) is 6.57. The van der Waals surface area contributed by atoms with Crippen molar-refractivity contribution in [3.63, 3.8) is 0 Å². The van der Waals surface area contributed by atoms with Gasteiger partial charge >= 0.3 is 6.09 Å². The molecule has 1 heterocycles. The molecule has 0 unspecified atom stereocenters. The summed E-state index contributed by atoms with van der Waals surface area (Å²) in [5, 5.41) is 6.54. The Hall–Kier alpha value is -0.770. The monoisotopic (exact) mass is 238 g/mol. The van der Waals surface area contributed by atoms with Crippen LogP contribution in [-0.2, 0) is 4.74 Å². The third-order valence-electron chi connectivity index (χ3n) is 4.50. The molecule has 3 fully saturated rings. The zero-order valence-corrected chi connectivity index (χ0v) is 10.9. The van der Waals surface area contributed by atoms with E-state index in [-0.39, 0.29) is 11.6 Å². The van der Waals surface area contributed by atoms with E-state index in [4.69, 9.17) is 4.74 Å². The topological polar surface area (TPSA) is 50.4 Å². The SMILES string of the molecule is CC(C)(C)OC(=O)N[C@]12CNC[C@H]1C1(CC1)C2. The largest absolute Gasteiger partial charge is 0.444 e. The molecule has 17 heavy (non-hydrogen) atoms. The second-order valence-electron chi connectivity index (χ2n) is 7.01. The fourth-order valence-electron chi connectivity index (χ4n) is 3.73. The number of fused-ring (bicyclic) bond motifs is 2. The van der Waals surface area contributed by atoms with E-state index in [1.165, 1.54) is 12.8 Å². The fourth-order valence-corrected chi connectivity index (χ4v) is 3.73. The van der Waals surface area contributed by atoms with Crippen LogP contribution >= 0.6 is 0 Å². The number of hydrogen-bond acceptors (Lipinski definition) is 3. The number of ether oxygens (including phenoxy) is 1.